The van der Waals surface area contributed by atoms with Crippen LogP contribution in [0.4, 0.5) is 30.5 Å². The van der Waals surface area contributed by atoms with E-state index in [2.05, 4.69) is 58.1 Å². The number of carbonyl (C=O) groups is 1. The molecule has 1 aromatic carbocycles. The Bertz CT molecular complexity index is 1560. The van der Waals surface area contributed by atoms with Crippen molar-refractivity contribution in [2.24, 2.45) is 0 Å². The molecule has 3 fully saturated rings. The molecular formula is C31H35F3N6O2S2. The number of likely N-dealkylation sites (N-methyl/N-ethyl adjacent to an activating group) is 1. The van der Waals surface area contributed by atoms with E-state index in [-0.39, 0.29) is 23.6 Å². The van der Waals surface area contributed by atoms with Gasteiger partial charge in [-0.1, -0.05) is 0 Å². The summed E-state index contributed by atoms with van der Waals surface area (Å²) in [5.41, 5.74) is 1.96. The van der Waals surface area contributed by atoms with E-state index < -0.39 is 11.7 Å². The molecule has 2 atom stereocenters. The Morgan fingerprint density at radius 2 is 1.84 bits per heavy atom. The number of halogens is 3. The molecule has 13 heteroatoms. The van der Waals surface area contributed by atoms with Gasteiger partial charge >= 0.3 is 6.18 Å². The fourth-order valence-corrected chi connectivity index (χ4v) is 8.47. The van der Waals surface area contributed by atoms with Crippen molar-refractivity contribution < 1.29 is 22.7 Å². The van der Waals surface area contributed by atoms with Crippen LogP contribution in [0.5, 0.6) is 0 Å². The number of nitrogens with one attached hydrogen (secondary N) is 1. The summed E-state index contributed by atoms with van der Waals surface area (Å²) < 4.78 is 47.9. The number of hydrogen-bond donors (Lipinski definition) is 1. The van der Waals surface area contributed by atoms with Gasteiger partial charge in [-0.05, 0) is 69.5 Å². The molecule has 44 heavy (non-hydrogen) atoms. The minimum absolute atomic E-state index is 0.00953. The highest BCUT2D eigenvalue weighted by molar-refractivity contribution is 7.99. The fraction of sp³-hybridized carbons (Fsp3) is 0.516. The molecule has 2 saturated heterocycles. The molecule has 3 aromatic rings. The Balaban J connectivity index is 1.20. The molecule has 1 amide bonds. The monoisotopic (exact) mass is 644 g/mol. The second kappa shape index (κ2) is 11.5. The van der Waals surface area contributed by atoms with Crippen LogP contribution in [0, 0.1) is 0 Å². The van der Waals surface area contributed by atoms with Gasteiger partial charge in [0.1, 0.15) is 10.4 Å². The smallest absolute Gasteiger partial charge is 0.377 e. The molecular weight excluding hydrogens is 610 g/mol. The highest BCUT2D eigenvalue weighted by Crippen LogP contribution is 2.47. The summed E-state index contributed by atoms with van der Waals surface area (Å²) in [5.74, 6) is 1.00. The number of thioether (sulfide) groups is 1. The zero-order valence-electron chi connectivity index (χ0n) is 24.9. The number of thiophene rings is 1. The average Bonchev–Trinajstić information content (AvgIpc) is 3.74. The van der Waals surface area contributed by atoms with E-state index in [1.807, 2.05) is 6.07 Å². The van der Waals surface area contributed by atoms with Crippen LogP contribution in [-0.2, 0) is 10.9 Å². The van der Waals surface area contributed by atoms with Crippen LogP contribution in [0.3, 0.4) is 0 Å². The van der Waals surface area contributed by atoms with Crippen LogP contribution in [0.1, 0.15) is 53.4 Å². The van der Waals surface area contributed by atoms with E-state index in [1.54, 1.807) is 11.0 Å². The molecule has 3 aliphatic heterocycles. The summed E-state index contributed by atoms with van der Waals surface area (Å²) in [7, 11) is 2.16. The molecule has 0 spiro atoms. The molecule has 8 nitrogen and oxygen atoms in total. The molecule has 4 aliphatic rings. The van der Waals surface area contributed by atoms with Gasteiger partial charge in [-0.3, -0.25) is 9.69 Å². The number of anilines is 3. The fourth-order valence-electron chi connectivity index (χ4n) is 6.15. The first-order chi connectivity index (χ1) is 21.1. The maximum Gasteiger partial charge on any atom is 0.420 e. The number of carbonyl (C=O) groups excluding carboxylic acids is 1. The molecule has 1 N–H and O–H groups in total. The van der Waals surface area contributed by atoms with Gasteiger partial charge in [0, 0.05) is 59.9 Å². The highest BCUT2D eigenvalue weighted by atomic mass is 32.2. The Morgan fingerprint density at radius 1 is 1.09 bits per heavy atom. The van der Waals surface area contributed by atoms with E-state index in [4.69, 9.17) is 4.74 Å². The predicted molar refractivity (Wildman–Crippen MR) is 167 cm³/mol. The normalized spacial score (nSPS) is 23.4. The van der Waals surface area contributed by atoms with Crippen molar-refractivity contribution in [3.05, 3.63) is 46.5 Å². The van der Waals surface area contributed by atoms with Crippen LogP contribution < -0.4 is 10.2 Å². The number of ether oxygens (including phenoxy) is 1. The van der Waals surface area contributed by atoms with Crippen molar-refractivity contribution in [2.75, 3.05) is 55.9 Å². The van der Waals surface area contributed by atoms with E-state index >= 15 is 0 Å². The zero-order chi connectivity index (χ0) is 30.7. The molecule has 1 aliphatic carbocycles. The van der Waals surface area contributed by atoms with E-state index in [9.17, 15) is 18.0 Å². The zero-order valence-corrected chi connectivity index (χ0v) is 26.5. The van der Waals surface area contributed by atoms with Gasteiger partial charge in [-0.2, -0.15) is 13.2 Å². The van der Waals surface area contributed by atoms with Crippen LogP contribution in [0.2, 0.25) is 0 Å². The number of benzene rings is 1. The number of rotatable bonds is 6. The van der Waals surface area contributed by atoms with Crippen LogP contribution >= 0.6 is 23.1 Å². The van der Waals surface area contributed by atoms with E-state index in [0.29, 0.717) is 58.2 Å². The molecule has 0 unspecified atom stereocenters. The van der Waals surface area contributed by atoms with E-state index in [1.165, 1.54) is 11.8 Å². The third-order valence-electron chi connectivity index (χ3n) is 9.16. The number of hydrogen-bond acceptors (Lipinski definition) is 9. The topological polar surface area (TPSA) is 73.8 Å². The largest absolute Gasteiger partial charge is 0.420 e. The van der Waals surface area contributed by atoms with Gasteiger partial charge in [0.2, 0.25) is 5.95 Å². The summed E-state index contributed by atoms with van der Waals surface area (Å²) in [5, 5.41) is 3.25. The lowest BCUT2D eigenvalue weighted by Crippen LogP contribution is -2.55. The predicted octanol–water partition coefficient (Wildman–Crippen LogP) is 6.32. The minimum Gasteiger partial charge on any atom is -0.377 e. The van der Waals surface area contributed by atoms with Crippen molar-refractivity contribution in [1.29, 1.82) is 0 Å². The summed E-state index contributed by atoms with van der Waals surface area (Å²) in [6, 6.07) is 8.82. The average molecular weight is 645 g/mol. The summed E-state index contributed by atoms with van der Waals surface area (Å²) in [6.07, 6.45) is -1.66. The number of amides is 1. The molecule has 234 valence electrons. The van der Waals surface area contributed by atoms with Crippen LogP contribution in [0.25, 0.3) is 10.6 Å². The van der Waals surface area contributed by atoms with Gasteiger partial charge in [0.05, 0.1) is 29.8 Å². The maximum absolute atomic E-state index is 14.2. The van der Waals surface area contributed by atoms with Crippen molar-refractivity contribution in [3.63, 3.8) is 0 Å². The lowest BCUT2D eigenvalue weighted by Gasteiger charge is -2.43. The van der Waals surface area contributed by atoms with Gasteiger partial charge in [-0.15, -0.1) is 23.1 Å². The highest BCUT2D eigenvalue weighted by Gasteiger charge is 2.38. The summed E-state index contributed by atoms with van der Waals surface area (Å²) in [6.45, 7) is 7.89. The first kappa shape index (κ1) is 29.8. The lowest BCUT2D eigenvalue weighted by molar-refractivity contribution is -0.137. The summed E-state index contributed by atoms with van der Waals surface area (Å²) >= 11 is 2.56. The van der Waals surface area contributed by atoms with Gasteiger partial charge in [0.25, 0.3) is 5.91 Å². The van der Waals surface area contributed by atoms with Gasteiger partial charge in [0.15, 0.2) is 0 Å². The first-order valence-electron chi connectivity index (χ1n) is 15.0. The quantitative estimate of drug-likeness (QED) is 0.334. The van der Waals surface area contributed by atoms with Crippen molar-refractivity contribution >= 4 is 46.3 Å². The molecule has 5 heterocycles. The van der Waals surface area contributed by atoms with Crippen molar-refractivity contribution in [3.8, 4) is 10.6 Å². The van der Waals surface area contributed by atoms with Crippen LogP contribution in [-0.4, -0.2) is 89.4 Å². The SMILES string of the molecule is C[C@@H]1CN(c2ccc(Nc3ncc(C(F)(F)F)c(-c4cc5c(s4)C(=O)N(C4COC4)CCS5)n3)c(C3CC3)c2)C[C@H](C)N1C. The van der Waals surface area contributed by atoms with Gasteiger partial charge in [-0.25, -0.2) is 9.97 Å². The number of piperazine rings is 1. The third kappa shape index (κ3) is 5.67. The first-order valence-corrected chi connectivity index (χ1v) is 16.8. The van der Waals surface area contributed by atoms with Gasteiger partial charge < -0.3 is 19.9 Å². The molecule has 0 bridgehead atoms. The maximum atomic E-state index is 14.2. The molecule has 7 rings (SSSR count). The summed E-state index contributed by atoms with van der Waals surface area (Å²) in [4.78, 5) is 30.0. The number of nitrogens with zero attached hydrogens (tertiary/aromatic N) is 5. The Morgan fingerprint density at radius 3 is 2.50 bits per heavy atom. The minimum atomic E-state index is -4.65. The van der Waals surface area contributed by atoms with Crippen molar-refractivity contribution in [2.45, 2.75) is 61.8 Å². The Labute approximate surface area is 263 Å². The Kier molecular flexibility index (Phi) is 7.79. The lowest BCUT2D eigenvalue weighted by atomic mass is 10.0. The second-order valence-corrected chi connectivity index (χ2v) is 14.4. The standard InChI is InChI=1S/C31H35F3N6O2S2/c1-17-13-39(14-18(2)38(17)3)20-6-7-24(22(10-20)19-4-5-19)36-30-35-12-23(31(32,33)34)27(37-30)25-11-26-28(44-25)29(41)40(8-9-43-26)21-15-42-16-21/h6-7,10-12,17-19,21H,4-5,8-9,13-16H2,1-3H3,(H,35,36,37)/t17-,18+. The molecule has 2 aromatic heterocycles. The molecule has 0 radical (unpaired) electrons. The third-order valence-corrected chi connectivity index (χ3v) is 11.4. The second-order valence-electron chi connectivity index (χ2n) is 12.2. The number of fused-ring (bicyclic) bond motifs is 1. The molecule has 1 saturated carbocycles. The van der Waals surface area contributed by atoms with E-state index in [0.717, 1.165) is 60.4 Å². The number of aromatic nitrogens is 2. The Hall–Kier alpha value is -2.87. The van der Waals surface area contributed by atoms with Crippen LogP contribution in [0.15, 0.2) is 35.4 Å². The van der Waals surface area contributed by atoms with Crippen molar-refractivity contribution in [1.82, 2.24) is 19.8 Å². The number of alkyl halides is 3.